The van der Waals surface area contributed by atoms with Gasteiger partial charge in [0.25, 0.3) is 0 Å². The number of nitrogens with one attached hydrogen (secondary N) is 1. The highest BCUT2D eigenvalue weighted by Gasteiger charge is 2.28. The van der Waals surface area contributed by atoms with Crippen LogP contribution < -0.4 is 19.1 Å². The zero-order valence-electron chi connectivity index (χ0n) is 20.6. The number of ether oxygens (including phenoxy) is 2. The van der Waals surface area contributed by atoms with Crippen molar-refractivity contribution in [1.82, 2.24) is 14.5 Å². The number of anilines is 1. The molecule has 8 nitrogen and oxygen atoms in total. The van der Waals surface area contributed by atoms with Crippen LogP contribution in [-0.4, -0.2) is 85.8 Å². The van der Waals surface area contributed by atoms with Crippen LogP contribution >= 0.6 is 0 Å². The van der Waals surface area contributed by atoms with Gasteiger partial charge >= 0.3 is 0 Å². The second-order valence-corrected chi connectivity index (χ2v) is 10.9. The molecule has 2 aliphatic heterocycles. The van der Waals surface area contributed by atoms with Crippen LogP contribution in [0, 0.1) is 0 Å². The minimum Gasteiger partial charge on any atom is -0.497 e. The molecule has 0 bridgehead atoms. The molecule has 0 saturated carbocycles. The van der Waals surface area contributed by atoms with Crippen molar-refractivity contribution >= 4 is 15.7 Å². The van der Waals surface area contributed by atoms with Gasteiger partial charge in [0, 0.05) is 64.1 Å². The Hall–Kier alpha value is -2.33. The number of rotatable bonds is 8. The van der Waals surface area contributed by atoms with Crippen molar-refractivity contribution < 1.29 is 17.9 Å². The molecule has 0 amide bonds. The minimum absolute atomic E-state index is 0.0507. The molecule has 1 fully saturated rings. The number of hydrogen-bond acceptors (Lipinski definition) is 7. The summed E-state index contributed by atoms with van der Waals surface area (Å²) in [5.41, 5.74) is 3.77. The molecule has 0 aromatic heterocycles. The van der Waals surface area contributed by atoms with E-state index < -0.39 is 10.0 Å². The number of piperazine rings is 1. The lowest BCUT2D eigenvalue weighted by molar-refractivity contribution is 0.113. The molecule has 2 aromatic rings. The van der Waals surface area contributed by atoms with Gasteiger partial charge in [0.15, 0.2) is 0 Å². The second kappa shape index (κ2) is 10.5. The van der Waals surface area contributed by atoms with Gasteiger partial charge in [-0.25, -0.2) is 13.1 Å². The molecule has 4 rings (SSSR count). The van der Waals surface area contributed by atoms with E-state index in [2.05, 4.69) is 51.7 Å². The lowest BCUT2D eigenvalue weighted by Crippen LogP contribution is -2.48. The molecule has 1 saturated heterocycles. The van der Waals surface area contributed by atoms with E-state index in [1.165, 1.54) is 31.5 Å². The van der Waals surface area contributed by atoms with Crippen molar-refractivity contribution in [3.8, 4) is 11.5 Å². The Bertz CT molecular complexity index is 1100. The highest BCUT2D eigenvalue weighted by molar-refractivity contribution is 7.89. The van der Waals surface area contributed by atoms with E-state index in [0.717, 1.165) is 51.1 Å². The smallest absolute Gasteiger partial charge is 0.244 e. The third-order valence-electron chi connectivity index (χ3n) is 6.94. The lowest BCUT2D eigenvalue weighted by atomic mass is 9.95. The van der Waals surface area contributed by atoms with Crippen LogP contribution in [0.15, 0.2) is 41.3 Å². The number of aryl methyl sites for hydroxylation is 1. The Morgan fingerprint density at radius 3 is 2.44 bits per heavy atom. The first-order chi connectivity index (χ1) is 16.3. The van der Waals surface area contributed by atoms with Crippen LogP contribution in [0.4, 0.5) is 5.69 Å². The average molecular weight is 489 g/mol. The Morgan fingerprint density at radius 2 is 1.74 bits per heavy atom. The fraction of sp³-hybridized carbons (Fsp3) is 0.520. The first-order valence-corrected chi connectivity index (χ1v) is 13.3. The van der Waals surface area contributed by atoms with E-state index in [-0.39, 0.29) is 23.2 Å². The topological polar surface area (TPSA) is 74.4 Å². The first kappa shape index (κ1) is 24.8. The molecule has 0 spiro atoms. The van der Waals surface area contributed by atoms with Crippen molar-refractivity contribution in [3.05, 3.63) is 47.5 Å². The third kappa shape index (κ3) is 5.33. The zero-order chi connectivity index (χ0) is 24.3. The van der Waals surface area contributed by atoms with E-state index in [0.29, 0.717) is 5.75 Å². The fourth-order valence-corrected chi connectivity index (χ4v) is 6.05. The molecule has 1 atom stereocenters. The summed E-state index contributed by atoms with van der Waals surface area (Å²) >= 11 is 0. The molecular formula is C25H36N4O4S. The summed E-state index contributed by atoms with van der Waals surface area (Å²) in [5.74, 6) is 0.810. The maximum absolute atomic E-state index is 13.3. The Balaban J connectivity index is 1.60. The first-order valence-electron chi connectivity index (χ1n) is 11.8. The zero-order valence-corrected chi connectivity index (χ0v) is 21.4. The quantitative estimate of drug-likeness (QED) is 0.611. The molecule has 9 heteroatoms. The van der Waals surface area contributed by atoms with Crippen LogP contribution in [0.3, 0.4) is 0 Å². The van der Waals surface area contributed by atoms with Crippen molar-refractivity contribution in [2.45, 2.75) is 23.8 Å². The van der Waals surface area contributed by atoms with Crippen LogP contribution in [-0.2, 0) is 16.4 Å². The lowest BCUT2D eigenvalue weighted by Gasteiger charge is -2.39. The molecule has 2 heterocycles. The van der Waals surface area contributed by atoms with Crippen LogP contribution in [0.5, 0.6) is 11.5 Å². The van der Waals surface area contributed by atoms with Gasteiger partial charge in [0.2, 0.25) is 10.0 Å². The number of fused-ring (bicyclic) bond motifs is 1. The number of methoxy groups -OCH3 is 2. The molecule has 0 unspecified atom stereocenters. The molecule has 34 heavy (non-hydrogen) atoms. The summed E-state index contributed by atoms with van der Waals surface area (Å²) in [6, 6.07) is 11.3. The highest BCUT2D eigenvalue weighted by atomic mass is 32.2. The van der Waals surface area contributed by atoms with Crippen molar-refractivity contribution in [3.63, 3.8) is 0 Å². The van der Waals surface area contributed by atoms with Crippen LogP contribution in [0.1, 0.15) is 23.6 Å². The summed E-state index contributed by atoms with van der Waals surface area (Å²) < 4.78 is 40.0. The van der Waals surface area contributed by atoms with Crippen molar-refractivity contribution in [2.75, 3.05) is 72.5 Å². The number of hydrogen-bond donors (Lipinski definition) is 1. The van der Waals surface area contributed by atoms with Crippen molar-refractivity contribution in [1.29, 1.82) is 0 Å². The van der Waals surface area contributed by atoms with Gasteiger partial charge in [-0.1, -0.05) is 12.1 Å². The molecule has 2 aromatic carbocycles. The molecule has 0 aliphatic carbocycles. The molecule has 0 radical (unpaired) electrons. The van der Waals surface area contributed by atoms with E-state index in [1.807, 2.05) is 0 Å². The summed E-state index contributed by atoms with van der Waals surface area (Å²) in [4.78, 5) is 7.11. The average Bonchev–Trinajstić information content (AvgIpc) is 2.84. The number of nitrogens with zero attached hydrogens (tertiary/aromatic N) is 3. The summed E-state index contributed by atoms with van der Waals surface area (Å²) in [5, 5.41) is 0. The predicted molar refractivity (Wildman–Crippen MR) is 135 cm³/mol. The van der Waals surface area contributed by atoms with Gasteiger partial charge in [-0.05, 0) is 49.2 Å². The maximum atomic E-state index is 13.3. The van der Waals surface area contributed by atoms with Gasteiger partial charge in [-0.15, -0.1) is 0 Å². The SMILES string of the molecule is COc1ccc(S(=O)(=O)NC[C@@H](c2ccc3c(c2)CCCN3C)N2CCN(C)CC2)c(OC)c1. The maximum Gasteiger partial charge on any atom is 0.244 e. The minimum atomic E-state index is -3.78. The van der Waals surface area contributed by atoms with Crippen LogP contribution in [0.2, 0.25) is 0 Å². The van der Waals surface area contributed by atoms with Crippen LogP contribution in [0.25, 0.3) is 0 Å². The third-order valence-corrected chi connectivity index (χ3v) is 8.41. The van der Waals surface area contributed by atoms with Crippen molar-refractivity contribution in [2.24, 2.45) is 0 Å². The van der Waals surface area contributed by atoms with E-state index >= 15 is 0 Å². The van der Waals surface area contributed by atoms with E-state index in [9.17, 15) is 8.42 Å². The van der Waals surface area contributed by atoms with Gasteiger partial charge < -0.3 is 19.3 Å². The fourth-order valence-electron chi connectivity index (χ4n) is 4.87. The van der Waals surface area contributed by atoms with Gasteiger partial charge in [-0.2, -0.15) is 0 Å². The Morgan fingerprint density at radius 1 is 0.971 bits per heavy atom. The largest absolute Gasteiger partial charge is 0.497 e. The van der Waals surface area contributed by atoms with E-state index in [1.54, 1.807) is 12.1 Å². The molecule has 2 aliphatic rings. The van der Waals surface area contributed by atoms with Gasteiger partial charge in [0.05, 0.1) is 14.2 Å². The molecular weight excluding hydrogens is 452 g/mol. The number of likely N-dealkylation sites (N-methyl/N-ethyl adjacent to an activating group) is 1. The highest BCUT2D eigenvalue weighted by Crippen LogP contribution is 2.32. The predicted octanol–water partition coefficient (Wildman–Crippen LogP) is 2.35. The Labute approximate surface area is 203 Å². The van der Waals surface area contributed by atoms with Gasteiger partial charge in [0.1, 0.15) is 16.4 Å². The van der Waals surface area contributed by atoms with E-state index in [4.69, 9.17) is 9.47 Å². The summed E-state index contributed by atoms with van der Waals surface area (Å²) in [6.45, 7) is 5.07. The van der Waals surface area contributed by atoms with Gasteiger partial charge in [-0.3, -0.25) is 4.90 Å². The second-order valence-electron chi connectivity index (χ2n) is 9.14. The summed E-state index contributed by atoms with van der Waals surface area (Å²) in [7, 11) is 3.48. The standard InChI is InChI=1S/C25H36N4O4S/c1-27-12-14-29(15-13-27)23(20-7-9-22-19(16-20)6-5-11-28(22)2)18-26-34(30,31)25-10-8-21(32-3)17-24(25)33-4/h7-10,16-17,23,26H,5-6,11-15,18H2,1-4H3/t23-/m0/s1. The Kier molecular flexibility index (Phi) is 7.67. The number of sulfonamides is 1. The molecule has 186 valence electrons. The monoisotopic (exact) mass is 488 g/mol. The summed E-state index contributed by atoms with van der Waals surface area (Å²) in [6.07, 6.45) is 2.19. The molecule has 1 N–H and O–H groups in total. The number of benzene rings is 2. The normalized spacial score (nSPS) is 18.4.